The number of hydrogen-bond donors (Lipinski definition) is 3. The molecular weight excluding hydrogens is 290 g/mol. The zero-order valence-electron chi connectivity index (χ0n) is 13.4. The van der Waals surface area contributed by atoms with Crippen LogP contribution in [0.4, 0.5) is 0 Å². The van der Waals surface area contributed by atoms with Crippen LogP contribution in [-0.2, 0) is 9.59 Å². The van der Waals surface area contributed by atoms with Gasteiger partial charge in [0.25, 0.3) is 0 Å². The highest BCUT2D eigenvalue weighted by molar-refractivity contribution is 5.85. The van der Waals surface area contributed by atoms with Gasteiger partial charge in [-0.2, -0.15) is 0 Å². The molecule has 5 nitrogen and oxygen atoms in total. The molecule has 0 aliphatic heterocycles. The van der Waals surface area contributed by atoms with E-state index in [1.54, 1.807) is 0 Å². The SMILES string of the molecule is CC(CC(=O)NC(C)(C)CN)NC(=O)C1CCCCC1.Cl. The minimum absolute atomic E-state index is 0. The van der Waals surface area contributed by atoms with Gasteiger partial charge in [-0.25, -0.2) is 0 Å². The fourth-order valence-corrected chi connectivity index (χ4v) is 2.53. The second-order valence-electron chi connectivity index (χ2n) is 6.58. The van der Waals surface area contributed by atoms with Crippen LogP contribution >= 0.6 is 12.4 Å². The van der Waals surface area contributed by atoms with Crippen molar-refractivity contribution in [3.8, 4) is 0 Å². The largest absolute Gasteiger partial charge is 0.353 e. The molecule has 6 heteroatoms. The molecule has 1 aliphatic carbocycles. The first-order valence-electron chi connectivity index (χ1n) is 7.65. The standard InChI is InChI=1S/C15H29N3O2.ClH/c1-11(9-13(19)18-15(2,3)10-16)17-14(20)12-7-5-4-6-8-12;/h11-12H,4-10,16H2,1-3H3,(H,17,20)(H,18,19);1H. The second kappa shape index (κ2) is 9.26. The third-order valence-corrected chi connectivity index (χ3v) is 3.84. The number of carbonyl (C=O) groups is 2. The van der Waals surface area contributed by atoms with Gasteiger partial charge in [0.1, 0.15) is 0 Å². The van der Waals surface area contributed by atoms with Gasteiger partial charge in [0.2, 0.25) is 11.8 Å². The fourth-order valence-electron chi connectivity index (χ4n) is 2.53. The molecular formula is C15H30ClN3O2. The Morgan fingerprint density at radius 3 is 2.33 bits per heavy atom. The highest BCUT2D eigenvalue weighted by Crippen LogP contribution is 2.23. The van der Waals surface area contributed by atoms with Crippen molar-refractivity contribution >= 4 is 24.2 Å². The van der Waals surface area contributed by atoms with E-state index in [1.807, 2.05) is 20.8 Å². The topological polar surface area (TPSA) is 84.2 Å². The van der Waals surface area contributed by atoms with Crippen molar-refractivity contribution in [2.45, 2.75) is 70.9 Å². The molecule has 21 heavy (non-hydrogen) atoms. The van der Waals surface area contributed by atoms with Crippen molar-refractivity contribution in [3.63, 3.8) is 0 Å². The van der Waals surface area contributed by atoms with E-state index >= 15 is 0 Å². The molecule has 4 N–H and O–H groups in total. The van der Waals surface area contributed by atoms with Gasteiger partial charge >= 0.3 is 0 Å². The summed E-state index contributed by atoms with van der Waals surface area (Å²) in [5.41, 5.74) is 5.18. The van der Waals surface area contributed by atoms with Gasteiger partial charge in [-0.1, -0.05) is 19.3 Å². The van der Waals surface area contributed by atoms with Gasteiger partial charge in [-0.3, -0.25) is 9.59 Å². The molecule has 1 fully saturated rings. The van der Waals surface area contributed by atoms with E-state index in [0.717, 1.165) is 25.7 Å². The summed E-state index contributed by atoms with van der Waals surface area (Å²) >= 11 is 0. The molecule has 1 saturated carbocycles. The van der Waals surface area contributed by atoms with Crippen molar-refractivity contribution in [2.24, 2.45) is 11.7 Å². The number of rotatable bonds is 6. The summed E-state index contributed by atoms with van der Waals surface area (Å²) in [5, 5.41) is 5.83. The average Bonchev–Trinajstić information content (AvgIpc) is 2.38. The van der Waals surface area contributed by atoms with Crippen molar-refractivity contribution in [2.75, 3.05) is 6.54 Å². The smallest absolute Gasteiger partial charge is 0.223 e. The van der Waals surface area contributed by atoms with Crippen LogP contribution in [-0.4, -0.2) is 29.9 Å². The van der Waals surface area contributed by atoms with Crippen molar-refractivity contribution in [1.29, 1.82) is 0 Å². The molecule has 1 rings (SSSR count). The van der Waals surface area contributed by atoms with Crippen LogP contribution in [0.3, 0.4) is 0 Å². The molecule has 0 aromatic rings. The first kappa shape index (κ1) is 20.2. The highest BCUT2D eigenvalue weighted by Gasteiger charge is 2.24. The third-order valence-electron chi connectivity index (χ3n) is 3.84. The van der Waals surface area contributed by atoms with E-state index in [2.05, 4.69) is 10.6 Å². The zero-order chi connectivity index (χ0) is 15.2. The van der Waals surface area contributed by atoms with Crippen LogP contribution in [0.15, 0.2) is 0 Å². The lowest BCUT2D eigenvalue weighted by atomic mass is 9.88. The Hall–Kier alpha value is -0.810. The monoisotopic (exact) mass is 319 g/mol. The lowest BCUT2D eigenvalue weighted by molar-refractivity contribution is -0.127. The lowest BCUT2D eigenvalue weighted by Crippen LogP contribution is -2.50. The second-order valence-corrected chi connectivity index (χ2v) is 6.58. The van der Waals surface area contributed by atoms with E-state index in [-0.39, 0.29) is 36.2 Å². The van der Waals surface area contributed by atoms with Crippen LogP contribution in [0.25, 0.3) is 0 Å². The predicted octanol–water partition coefficient (Wildman–Crippen LogP) is 1.74. The van der Waals surface area contributed by atoms with Gasteiger partial charge in [-0.15, -0.1) is 12.4 Å². The maximum Gasteiger partial charge on any atom is 0.223 e. The Bertz CT molecular complexity index is 342. The fraction of sp³-hybridized carbons (Fsp3) is 0.867. The van der Waals surface area contributed by atoms with Crippen molar-refractivity contribution in [1.82, 2.24) is 10.6 Å². The van der Waals surface area contributed by atoms with Gasteiger partial charge in [-0.05, 0) is 33.6 Å². The molecule has 0 heterocycles. The summed E-state index contributed by atoms with van der Waals surface area (Å²) in [6, 6.07) is -0.141. The van der Waals surface area contributed by atoms with Crippen LogP contribution in [0.1, 0.15) is 59.3 Å². The number of amides is 2. The normalized spacial score (nSPS) is 17.5. The molecule has 2 amide bonds. The van der Waals surface area contributed by atoms with Crippen LogP contribution in [0.2, 0.25) is 0 Å². The maximum absolute atomic E-state index is 12.1. The van der Waals surface area contributed by atoms with Crippen molar-refractivity contribution in [3.05, 3.63) is 0 Å². The van der Waals surface area contributed by atoms with E-state index < -0.39 is 5.54 Å². The van der Waals surface area contributed by atoms with E-state index in [4.69, 9.17) is 5.73 Å². The zero-order valence-corrected chi connectivity index (χ0v) is 14.2. The van der Waals surface area contributed by atoms with Crippen LogP contribution in [0, 0.1) is 5.92 Å². The maximum atomic E-state index is 12.1. The Morgan fingerprint density at radius 2 is 1.81 bits per heavy atom. The molecule has 1 atom stereocenters. The molecule has 0 spiro atoms. The van der Waals surface area contributed by atoms with E-state index in [9.17, 15) is 9.59 Å². The Labute approximate surface area is 134 Å². The molecule has 0 radical (unpaired) electrons. The minimum atomic E-state index is -0.399. The van der Waals surface area contributed by atoms with Crippen molar-refractivity contribution < 1.29 is 9.59 Å². The molecule has 0 aromatic heterocycles. The number of halogens is 1. The highest BCUT2D eigenvalue weighted by atomic mass is 35.5. The quantitative estimate of drug-likeness (QED) is 0.697. The molecule has 0 saturated heterocycles. The number of nitrogens with one attached hydrogen (secondary N) is 2. The molecule has 0 aromatic carbocycles. The number of carbonyl (C=O) groups excluding carboxylic acids is 2. The summed E-state index contributed by atoms with van der Waals surface area (Å²) in [5.74, 6) is 0.162. The first-order chi connectivity index (χ1) is 9.34. The lowest BCUT2D eigenvalue weighted by Gasteiger charge is -2.26. The average molecular weight is 320 g/mol. The molecule has 1 unspecified atom stereocenters. The summed E-state index contributed by atoms with van der Waals surface area (Å²) in [7, 11) is 0. The van der Waals surface area contributed by atoms with Gasteiger partial charge in [0.05, 0.1) is 0 Å². The summed E-state index contributed by atoms with van der Waals surface area (Å²) in [4.78, 5) is 23.9. The predicted molar refractivity (Wildman–Crippen MR) is 87.3 cm³/mol. The molecule has 1 aliphatic rings. The van der Waals surface area contributed by atoms with E-state index in [1.165, 1.54) is 6.42 Å². The molecule has 0 bridgehead atoms. The Morgan fingerprint density at radius 1 is 1.24 bits per heavy atom. The van der Waals surface area contributed by atoms with Gasteiger partial charge in [0.15, 0.2) is 0 Å². The van der Waals surface area contributed by atoms with Crippen LogP contribution < -0.4 is 16.4 Å². The minimum Gasteiger partial charge on any atom is -0.353 e. The first-order valence-corrected chi connectivity index (χ1v) is 7.65. The summed E-state index contributed by atoms with van der Waals surface area (Å²) in [6.07, 6.45) is 5.75. The Balaban J connectivity index is 0.00000400. The van der Waals surface area contributed by atoms with Crippen LogP contribution in [0.5, 0.6) is 0 Å². The number of hydrogen-bond acceptors (Lipinski definition) is 3. The molecule has 124 valence electrons. The van der Waals surface area contributed by atoms with Gasteiger partial charge < -0.3 is 16.4 Å². The third kappa shape index (κ3) is 7.67. The number of nitrogens with two attached hydrogens (primary N) is 1. The van der Waals surface area contributed by atoms with Gasteiger partial charge in [0, 0.05) is 30.5 Å². The summed E-state index contributed by atoms with van der Waals surface area (Å²) in [6.45, 7) is 6.03. The summed E-state index contributed by atoms with van der Waals surface area (Å²) < 4.78 is 0. The Kier molecular flexibility index (Phi) is 8.90. The van der Waals surface area contributed by atoms with E-state index in [0.29, 0.717) is 13.0 Å².